The predicted molar refractivity (Wildman–Crippen MR) is 82.9 cm³/mol. The Labute approximate surface area is 130 Å². The standard InChI is InChI=1S/C14H24N4O2S/c1-5-18-11(15-16-12(18)21)10-7-6-8-17(9-10)13(19)20-14(2,3)4/h10H,5-9H2,1-4H3,(H,16,21). The van der Waals surface area contributed by atoms with Gasteiger partial charge < -0.3 is 14.2 Å². The Hall–Kier alpha value is -1.37. The zero-order chi connectivity index (χ0) is 15.6. The van der Waals surface area contributed by atoms with Crippen molar-refractivity contribution in [3.05, 3.63) is 10.6 Å². The Balaban J connectivity index is 2.10. The molecule has 0 saturated carbocycles. The number of H-pyrrole nitrogens is 1. The number of carbonyl (C=O) groups is 1. The first-order valence-corrected chi connectivity index (χ1v) is 7.85. The van der Waals surface area contributed by atoms with Gasteiger partial charge in [0.25, 0.3) is 0 Å². The van der Waals surface area contributed by atoms with Gasteiger partial charge in [0.2, 0.25) is 0 Å². The predicted octanol–water partition coefficient (Wildman–Crippen LogP) is 3.08. The number of nitrogens with one attached hydrogen (secondary N) is 1. The van der Waals surface area contributed by atoms with Crippen molar-refractivity contribution in [1.82, 2.24) is 19.7 Å². The molecular weight excluding hydrogens is 288 g/mol. The molecule has 1 aliphatic rings. The van der Waals surface area contributed by atoms with Crippen LogP contribution in [0.3, 0.4) is 0 Å². The molecule has 1 fully saturated rings. The van der Waals surface area contributed by atoms with E-state index in [1.807, 2.05) is 32.3 Å². The summed E-state index contributed by atoms with van der Waals surface area (Å²) in [6.45, 7) is 9.85. The maximum absolute atomic E-state index is 12.2. The van der Waals surface area contributed by atoms with E-state index < -0.39 is 5.60 Å². The van der Waals surface area contributed by atoms with Crippen molar-refractivity contribution in [2.45, 2.75) is 58.6 Å². The monoisotopic (exact) mass is 312 g/mol. The van der Waals surface area contributed by atoms with Crippen LogP contribution in [0.4, 0.5) is 4.79 Å². The van der Waals surface area contributed by atoms with Gasteiger partial charge in [0.05, 0.1) is 0 Å². The molecule has 21 heavy (non-hydrogen) atoms. The lowest BCUT2D eigenvalue weighted by molar-refractivity contribution is 0.0195. The fourth-order valence-corrected chi connectivity index (χ4v) is 2.90. The number of aromatic nitrogens is 3. The maximum Gasteiger partial charge on any atom is 0.410 e. The van der Waals surface area contributed by atoms with Crippen LogP contribution < -0.4 is 0 Å². The van der Waals surface area contributed by atoms with Gasteiger partial charge >= 0.3 is 6.09 Å². The van der Waals surface area contributed by atoms with Gasteiger partial charge in [-0.15, -0.1) is 0 Å². The molecule has 7 heteroatoms. The molecule has 1 amide bonds. The highest BCUT2D eigenvalue weighted by atomic mass is 32.1. The summed E-state index contributed by atoms with van der Waals surface area (Å²) in [5.74, 6) is 1.15. The summed E-state index contributed by atoms with van der Waals surface area (Å²) in [6.07, 6.45) is 1.72. The topological polar surface area (TPSA) is 63.1 Å². The number of hydrogen-bond acceptors (Lipinski definition) is 4. The first-order valence-electron chi connectivity index (χ1n) is 7.45. The third-order valence-corrected chi connectivity index (χ3v) is 3.85. The summed E-state index contributed by atoms with van der Waals surface area (Å²) in [7, 11) is 0. The van der Waals surface area contributed by atoms with Gasteiger partial charge in [0.15, 0.2) is 4.77 Å². The number of carbonyl (C=O) groups excluding carboxylic acids is 1. The summed E-state index contributed by atoms with van der Waals surface area (Å²) >= 11 is 5.23. The van der Waals surface area contributed by atoms with Gasteiger partial charge in [-0.2, -0.15) is 5.10 Å². The Morgan fingerprint density at radius 2 is 2.24 bits per heavy atom. The Morgan fingerprint density at radius 1 is 1.52 bits per heavy atom. The van der Waals surface area contributed by atoms with E-state index in [9.17, 15) is 4.79 Å². The highest BCUT2D eigenvalue weighted by molar-refractivity contribution is 7.71. The van der Waals surface area contributed by atoms with Crippen LogP contribution in [0, 0.1) is 4.77 Å². The summed E-state index contributed by atoms with van der Waals surface area (Å²) in [6, 6.07) is 0. The van der Waals surface area contributed by atoms with E-state index in [-0.39, 0.29) is 12.0 Å². The first kappa shape index (κ1) is 16.0. The number of amides is 1. The second-order valence-corrected chi connectivity index (χ2v) is 6.78. The van der Waals surface area contributed by atoms with Crippen molar-refractivity contribution in [3.63, 3.8) is 0 Å². The summed E-state index contributed by atoms with van der Waals surface area (Å²) < 4.78 is 8.09. The number of piperidine rings is 1. The van der Waals surface area contributed by atoms with Crippen molar-refractivity contribution in [1.29, 1.82) is 0 Å². The molecule has 1 N–H and O–H groups in total. The Kier molecular flexibility index (Phi) is 4.70. The van der Waals surface area contributed by atoms with Crippen molar-refractivity contribution in [2.75, 3.05) is 13.1 Å². The van der Waals surface area contributed by atoms with Gasteiger partial charge in [-0.3, -0.25) is 5.10 Å². The largest absolute Gasteiger partial charge is 0.444 e. The lowest BCUT2D eigenvalue weighted by Gasteiger charge is -2.33. The van der Waals surface area contributed by atoms with Gasteiger partial charge in [0, 0.05) is 25.6 Å². The lowest BCUT2D eigenvalue weighted by atomic mass is 9.97. The highest BCUT2D eigenvalue weighted by Gasteiger charge is 2.30. The van der Waals surface area contributed by atoms with Crippen LogP contribution in [0.2, 0.25) is 0 Å². The molecule has 1 aromatic heterocycles. The zero-order valence-corrected chi connectivity index (χ0v) is 14.0. The van der Waals surface area contributed by atoms with Crippen molar-refractivity contribution < 1.29 is 9.53 Å². The molecular formula is C14H24N4O2S. The van der Waals surface area contributed by atoms with E-state index in [1.54, 1.807) is 4.90 Å². The minimum absolute atomic E-state index is 0.208. The van der Waals surface area contributed by atoms with Crippen LogP contribution >= 0.6 is 12.2 Å². The third-order valence-electron chi connectivity index (χ3n) is 3.54. The molecule has 0 spiro atoms. The van der Waals surface area contributed by atoms with E-state index in [0.717, 1.165) is 31.8 Å². The molecule has 0 radical (unpaired) electrons. The average molecular weight is 312 g/mol. The summed E-state index contributed by atoms with van der Waals surface area (Å²) in [5.41, 5.74) is -0.465. The number of nitrogens with zero attached hydrogens (tertiary/aromatic N) is 3. The molecule has 0 aromatic carbocycles. The second kappa shape index (κ2) is 6.17. The zero-order valence-electron chi connectivity index (χ0n) is 13.2. The van der Waals surface area contributed by atoms with Crippen LogP contribution in [-0.2, 0) is 11.3 Å². The van der Waals surface area contributed by atoms with E-state index in [2.05, 4.69) is 10.2 Å². The Morgan fingerprint density at radius 3 is 2.86 bits per heavy atom. The lowest BCUT2D eigenvalue weighted by Crippen LogP contribution is -2.42. The molecule has 1 aromatic rings. The number of rotatable bonds is 2. The summed E-state index contributed by atoms with van der Waals surface area (Å²) in [5, 5.41) is 7.19. The fraction of sp³-hybridized carbons (Fsp3) is 0.786. The fourth-order valence-electron chi connectivity index (χ4n) is 2.63. The van der Waals surface area contributed by atoms with E-state index in [4.69, 9.17) is 17.0 Å². The summed E-state index contributed by atoms with van der Waals surface area (Å²) in [4.78, 5) is 14.0. The van der Waals surface area contributed by atoms with Crippen LogP contribution in [0.5, 0.6) is 0 Å². The van der Waals surface area contributed by atoms with Crippen LogP contribution in [0.15, 0.2) is 0 Å². The molecule has 1 unspecified atom stereocenters. The van der Waals surface area contributed by atoms with E-state index in [1.165, 1.54) is 0 Å². The highest BCUT2D eigenvalue weighted by Crippen LogP contribution is 2.26. The minimum Gasteiger partial charge on any atom is -0.444 e. The van der Waals surface area contributed by atoms with E-state index >= 15 is 0 Å². The smallest absolute Gasteiger partial charge is 0.410 e. The van der Waals surface area contributed by atoms with E-state index in [0.29, 0.717) is 11.3 Å². The maximum atomic E-state index is 12.2. The van der Waals surface area contributed by atoms with Crippen LogP contribution in [0.25, 0.3) is 0 Å². The van der Waals surface area contributed by atoms with Gasteiger partial charge in [-0.05, 0) is 52.8 Å². The minimum atomic E-state index is -0.465. The Bertz CT molecular complexity index is 558. The molecule has 1 atom stereocenters. The molecule has 2 heterocycles. The number of likely N-dealkylation sites (tertiary alicyclic amines) is 1. The van der Waals surface area contributed by atoms with Crippen LogP contribution in [-0.4, -0.2) is 44.4 Å². The quantitative estimate of drug-likeness (QED) is 0.852. The van der Waals surface area contributed by atoms with Crippen LogP contribution in [0.1, 0.15) is 52.3 Å². The third kappa shape index (κ3) is 3.84. The van der Waals surface area contributed by atoms with Crippen molar-refractivity contribution >= 4 is 18.3 Å². The molecule has 6 nitrogen and oxygen atoms in total. The molecule has 118 valence electrons. The van der Waals surface area contributed by atoms with Crippen molar-refractivity contribution in [2.24, 2.45) is 0 Å². The normalized spacial score (nSPS) is 19.6. The average Bonchev–Trinajstić information content (AvgIpc) is 2.78. The second-order valence-electron chi connectivity index (χ2n) is 6.40. The number of ether oxygens (including phenoxy) is 1. The van der Waals surface area contributed by atoms with Gasteiger partial charge in [-0.1, -0.05) is 0 Å². The molecule has 1 aliphatic heterocycles. The molecule has 0 aliphatic carbocycles. The number of hydrogen-bond donors (Lipinski definition) is 1. The molecule has 0 bridgehead atoms. The SMILES string of the molecule is CCn1c(C2CCCN(C(=O)OC(C)(C)C)C2)n[nH]c1=S. The van der Waals surface area contributed by atoms with Gasteiger partial charge in [0.1, 0.15) is 11.4 Å². The van der Waals surface area contributed by atoms with Crippen molar-refractivity contribution in [3.8, 4) is 0 Å². The molecule has 2 rings (SSSR count). The first-order chi connectivity index (χ1) is 9.81. The molecule has 1 saturated heterocycles. The number of aromatic amines is 1. The van der Waals surface area contributed by atoms with Gasteiger partial charge in [-0.25, -0.2) is 4.79 Å².